The third-order valence-electron chi connectivity index (χ3n) is 2.42. The maximum atomic E-state index is 9.96. The minimum Gasteiger partial charge on any atom is -0.507 e. The number of hydrogen-bond donors (Lipinski definition) is 2. The maximum absolute atomic E-state index is 9.96. The molecule has 0 unspecified atom stereocenters. The van der Waals surface area contributed by atoms with Crippen LogP contribution in [-0.2, 0) is 0 Å². The van der Waals surface area contributed by atoms with Crippen LogP contribution in [0.25, 0.3) is 10.8 Å². The van der Waals surface area contributed by atoms with Gasteiger partial charge in [0.2, 0.25) is 0 Å². The van der Waals surface area contributed by atoms with Gasteiger partial charge in [0.25, 0.3) is 0 Å². The SMILES string of the molecule is CCCOc1cc(O)c2ccccc2c1O. The normalized spacial score (nSPS) is 10.6. The molecule has 0 saturated carbocycles. The average molecular weight is 218 g/mol. The van der Waals surface area contributed by atoms with Crippen LogP contribution in [0.1, 0.15) is 13.3 Å². The molecular weight excluding hydrogens is 204 g/mol. The van der Waals surface area contributed by atoms with Crippen molar-refractivity contribution in [2.24, 2.45) is 0 Å². The number of benzene rings is 2. The molecule has 3 heteroatoms. The van der Waals surface area contributed by atoms with E-state index in [1.165, 1.54) is 6.07 Å². The van der Waals surface area contributed by atoms with Crippen LogP contribution in [0.15, 0.2) is 30.3 Å². The Bertz CT molecular complexity index is 506. The average Bonchev–Trinajstić information content (AvgIpc) is 2.32. The molecule has 2 rings (SSSR count). The molecular formula is C13H14O3. The molecule has 0 aliphatic rings. The Labute approximate surface area is 93.9 Å². The highest BCUT2D eigenvalue weighted by Gasteiger charge is 2.11. The number of phenols is 2. The third kappa shape index (κ3) is 1.76. The van der Waals surface area contributed by atoms with Crippen molar-refractivity contribution in [3.63, 3.8) is 0 Å². The Balaban J connectivity index is 2.56. The summed E-state index contributed by atoms with van der Waals surface area (Å²) in [6, 6.07) is 8.59. The van der Waals surface area contributed by atoms with Crippen LogP contribution in [-0.4, -0.2) is 16.8 Å². The van der Waals surface area contributed by atoms with Gasteiger partial charge in [-0.05, 0) is 6.42 Å². The first kappa shape index (κ1) is 10.6. The van der Waals surface area contributed by atoms with Gasteiger partial charge in [0, 0.05) is 16.8 Å². The summed E-state index contributed by atoms with van der Waals surface area (Å²) in [4.78, 5) is 0. The molecule has 0 aliphatic carbocycles. The summed E-state index contributed by atoms with van der Waals surface area (Å²) < 4.78 is 5.36. The quantitative estimate of drug-likeness (QED) is 0.778. The molecule has 0 aliphatic heterocycles. The lowest BCUT2D eigenvalue weighted by Crippen LogP contribution is -1.95. The second-order valence-electron chi connectivity index (χ2n) is 3.64. The summed E-state index contributed by atoms with van der Waals surface area (Å²) in [6.45, 7) is 2.50. The van der Waals surface area contributed by atoms with Crippen LogP contribution in [0.3, 0.4) is 0 Å². The van der Waals surface area contributed by atoms with E-state index in [1.807, 2.05) is 19.1 Å². The van der Waals surface area contributed by atoms with Crippen molar-refractivity contribution in [1.82, 2.24) is 0 Å². The van der Waals surface area contributed by atoms with E-state index in [0.29, 0.717) is 23.1 Å². The first-order valence-electron chi connectivity index (χ1n) is 5.30. The Kier molecular flexibility index (Phi) is 2.86. The molecule has 0 aromatic heterocycles. The summed E-state index contributed by atoms with van der Waals surface area (Å²) in [7, 11) is 0. The zero-order chi connectivity index (χ0) is 11.5. The summed E-state index contributed by atoms with van der Waals surface area (Å²) in [6.07, 6.45) is 0.854. The van der Waals surface area contributed by atoms with Gasteiger partial charge in [-0.15, -0.1) is 0 Å². The lowest BCUT2D eigenvalue weighted by Gasteiger charge is -2.10. The monoisotopic (exact) mass is 218 g/mol. The van der Waals surface area contributed by atoms with Crippen LogP contribution in [0.2, 0.25) is 0 Å². The Morgan fingerprint density at radius 1 is 1.12 bits per heavy atom. The maximum Gasteiger partial charge on any atom is 0.165 e. The zero-order valence-corrected chi connectivity index (χ0v) is 9.10. The highest BCUT2D eigenvalue weighted by molar-refractivity contribution is 5.95. The fraction of sp³-hybridized carbons (Fsp3) is 0.231. The van der Waals surface area contributed by atoms with Crippen LogP contribution < -0.4 is 4.74 Å². The molecule has 0 bridgehead atoms. The van der Waals surface area contributed by atoms with Crippen molar-refractivity contribution < 1.29 is 14.9 Å². The Morgan fingerprint density at radius 2 is 1.81 bits per heavy atom. The fourth-order valence-corrected chi connectivity index (χ4v) is 1.64. The van der Waals surface area contributed by atoms with Crippen LogP contribution >= 0.6 is 0 Å². The van der Waals surface area contributed by atoms with E-state index >= 15 is 0 Å². The summed E-state index contributed by atoms with van der Waals surface area (Å²) in [5, 5.41) is 21.0. The van der Waals surface area contributed by atoms with Crippen LogP contribution in [0.4, 0.5) is 0 Å². The molecule has 0 atom stereocenters. The second-order valence-corrected chi connectivity index (χ2v) is 3.64. The number of phenolic OH excluding ortho intramolecular Hbond substituents is 2. The molecule has 0 radical (unpaired) electrons. The van der Waals surface area contributed by atoms with Gasteiger partial charge in [-0.1, -0.05) is 31.2 Å². The molecule has 2 aromatic rings. The molecule has 0 spiro atoms. The van der Waals surface area contributed by atoms with Gasteiger partial charge in [-0.3, -0.25) is 0 Å². The first-order valence-corrected chi connectivity index (χ1v) is 5.30. The van der Waals surface area contributed by atoms with Crippen molar-refractivity contribution in [2.75, 3.05) is 6.61 Å². The van der Waals surface area contributed by atoms with E-state index in [2.05, 4.69) is 0 Å². The minimum atomic E-state index is 0.0850. The van der Waals surface area contributed by atoms with E-state index in [9.17, 15) is 10.2 Å². The third-order valence-corrected chi connectivity index (χ3v) is 2.42. The number of rotatable bonds is 3. The predicted molar refractivity (Wildman–Crippen MR) is 63.1 cm³/mol. The topological polar surface area (TPSA) is 49.7 Å². The molecule has 2 aromatic carbocycles. The van der Waals surface area contributed by atoms with Crippen molar-refractivity contribution in [2.45, 2.75) is 13.3 Å². The summed E-state index contributed by atoms with van der Waals surface area (Å²) >= 11 is 0. The zero-order valence-electron chi connectivity index (χ0n) is 9.10. The summed E-state index contributed by atoms with van der Waals surface area (Å²) in [5.74, 6) is 0.541. The van der Waals surface area contributed by atoms with Crippen molar-refractivity contribution in [3.8, 4) is 17.2 Å². The van der Waals surface area contributed by atoms with Gasteiger partial charge < -0.3 is 14.9 Å². The van der Waals surface area contributed by atoms with Gasteiger partial charge in [0.1, 0.15) is 5.75 Å². The molecule has 0 fully saturated rings. The van der Waals surface area contributed by atoms with E-state index < -0.39 is 0 Å². The van der Waals surface area contributed by atoms with Crippen LogP contribution in [0, 0.1) is 0 Å². The highest BCUT2D eigenvalue weighted by atomic mass is 16.5. The Morgan fingerprint density at radius 3 is 2.50 bits per heavy atom. The largest absolute Gasteiger partial charge is 0.507 e. The van der Waals surface area contributed by atoms with Crippen molar-refractivity contribution in [3.05, 3.63) is 30.3 Å². The van der Waals surface area contributed by atoms with Gasteiger partial charge in [-0.25, -0.2) is 0 Å². The van der Waals surface area contributed by atoms with E-state index in [1.54, 1.807) is 12.1 Å². The predicted octanol–water partition coefficient (Wildman–Crippen LogP) is 3.04. The van der Waals surface area contributed by atoms with Crippen molar-refractivity contribution in [1.29, 1.82) is 0 Å². The van der Waals surface area contributed by atoms with E-state index in [-0.39, 0.29) is 11.5 Å². The second kappa shape index (κ2) is 4.31. The number of ether oxygens (including phenoxy) is 1. The molecule has 0 amide bonds. The van der Waals surface area contributed by atoms with Crippen molar-refractivity contribution >= 4 is 10.8 Å². The lowest BCUT2D eigenvalue weighted by atomic mass is 10.1. The molecule has 84 valence electrons. The van der Waals surface area contributed by atoms with Gasteiger partial charge >= 0.3 is 0 Å². The number of hydrogen-bond acceptors (Lipinski definition) is 3. The first-order chi connectivity index (χ1) is 7.74. The molecule has 2 N–H and O–H groups in total. The van der Waals surface area contributed by atoms with Crippen LogP contribution in [0.5, 0.6) is 17.2 Å². The van der Waals surface area contributed by atoms with E-state index in [4.69, 9.17) is 4.74 Å². The Hall–Kier alpha value is -1.90. The molecule has 0 saturated heterocycles. The smallest absolute Gasteiger partial charge is 0.165 e. The molecule has 0 heterocycles. The molecule has 16 heavy (non-hydrogen) atoms. The van der Waals surface area contributed by atoms with Gasteiger partial charge in [0.05, 0.1) is 6.61 Å². The highest BCUT2D eigenvalue weighted by Crippen LogP contribution is 2.39. The lowest BCUT2D eigenvalue weighted by molar-refractivity contribution is 0.299. The fourth-order valence-electron chi connectivity index (χ4n) is 1.64. The standard InChI is InChI=1S/C13H14O3/c1-2-7-16-12-8-11(14)9-5-3-4-6-10(9)13(12)15/h3-6,8,14-15H,2,7H2,1H3. The number of fused-ring (bicyclic) bond motifs is 1. The molecule has 3 nitrogen and oxygen atoms in total. The summed E-state index contributed by atoms with van der Waals surface area (Å²) in [5.41, 5.74) is 0. The minimum absolute atomic E-state index is 0.0850. The van der Waals surface area contributed by atoms with Gasteiger partial charge in [-0.2, -0.15) is 0 Å². The number of aromatic hydroxyl groups is 2. The van der Waals surface area contributed by atoms with E-state index in [0.717, 1.165) is 6.42 Å². The van der Waals surface area contributed by atoms with Gasteiger partial charge in [0.15, 0.2) is 11.5 Å².